The molecule has 0 saturated heterocycles. The van der Waals surface area contributed by atoms with Crippen molar-refractivity contribution in [1.82, 2.24) is 9.78 Å². The molecule has 2 aromatic heterocycles. The van der Waals surface area contributed by atoms with Crippen molar-refractivity contribution in [2.24, 2.45) is 0 Å². The third-order valence-electron chi connectivity index (χ3n) is 5.52. The Morgan fingerprint density at radius 3 is 2.61 bits per heavy atom. The average molecular weight is 475 g/mol. The van der Waals surface area contributed by atoms with Crippen LogP contribution in [-0.2, 0) is 4.79 Å². The third kappa shape index (κ3) is 4.61. The Kier molecular flexibility index (Phi) is 6.33. The SMILES string of the molecule is CCOc1ccccc1NC(=O)C(C#N)=Cc1cn(-c2ccccc2)nc1-c1cc2ccccc2o1. The maximum Gasteiger partial charge on any atom is 0.266 e. The Labute approximate surface area is 207 Å². The number of hydrogen-bond donors (Lipinski definition) is 1. The number of rotatable bonds is 7. The average Bonchev–Trinajstić information content (AvgIpc) is 3.53. The molecule has 176 valence electrons. The van der Waals surface area contributed by atoms with Crippen LogP contribution in [0.1, 0.15) is 12.5 Å². The van der Waals surface area contributed by atoms with E-state index in [0.29, 0.717) is 35.1 Å². The Hall–Kier alpha value is -5.09. The molecule has 0 bridgehead atoms. The van der Waals surface area contributed by atoms with E-state index in [1.165, 1.54) is 6.08 Å². The number of carbonyl (C=O) groups is 1. The summed E-state index contributed by atoms with van der Waals surface area (Å²) < 4.78 is 13.3. The van der Waals surface area contributed by atoms with Crippen LogP contribution in [0.4, 0.5) is 5.69 Å². The van der Waals surface area contributed by atoms with Crippen molar-refractivity contribution in [2.75, 3.05) is 11.9 Å². The first-order chi connectivity index (χ1) is 17.7. The van der Waals surface area contributed by atoms with Crippen LogP contribution in [0.25, 0.3) is 34.2 Å². The number of fused-ring (bicyclic) bond motifs is 1. The highest BCUT2D eigenvalue weighted by Crippen LogP contribution is 2.31. The number of nitrogens with one attached hydrogen (secondary N) is 1. The first-order valence-corrected chi connectivity index (χ1v) is 11.5. The van der Waals surface area contributed by atoms with E-state index in [-0.39, 0.29) is 5.57 Å². The van der Waals surface area contributed by atoms with Gasteiger partial charge in [-0.05, 0) is 49.4 Å². The molecular formula is C29H22N4O3. The van der Waals surface area contributed by atoms with E-state index >= 15 is 0 Å². The summed E-state index contributed by atoms with van der Waals surface area (Å²) in [6.45, 7) is 2.32. The number of carbonyl (C=O) groups excluding carboxylic acids is 1. The Morgan fingerprint density at radius 1 is 1.08 bits per heavy atom. The monoisotopic (exact) mass is 474 g/mol. The van der Waals surface area contributed by atoms with Crippen molar-refractivity contribution in [1.29, 1.82) is 5.26 Å². The predicted octanol–water partition coefficient (Wildman–Crippen LogP) is 6.23. The fourth-order valence-electron chi connectivity index (χ4n) is 3.84. The normalized spacial score (nSPS) is 11.3. The summed E-state index contributed by atoms with van der Waals surface area (Å²) in [7, 11) is 0. The van der Waals surface area contributed by atoms with Gasteiger partial charge >= 0.3 is 0 Å². The Balaban J connectivity index is 1.56. The van der Waals surface area contributed by atoms with Crippen molar-refractivity contribution in [3.63, 3.8) is 0 Å². The quantitative estimate of drug-likeness (QED) is 0.223. The summed E-state index contributed by atoms with van der Waals surface area (Å²) in [6, 6.07) is 28.3. The van der Waals surface area contributed by atoms with Crippen LogP contribution in [0.2, 0.25) is 0 Å². The Morgan fingerprint density at radius 2 is 1.83 bits per heavy atom. The summed E-state index contributed by atoms with van der Waals surface area (Å²) >= 11 is 0. The van der Waals surface area contributed by atoms with Gasteiger partial charge in [0.25, 0.3) is 5.91 Å². The van der Waals surface area contributed by atoms with Crippen molar-refractivity contribution >= 4 is 28.6 Å². The second-order valence-corrected chi connectivity index (χ2v) is 7.91. The number of benzene rings is 3. The lowest BCUT2D eigenvalue weighted by Gasteiger charge is -2.10. The van der Waals surface area contributed by atoms with Gasteiger partial charge in [-0.1, -0.05) is 48.5 Å². The minimum Gasteiger partial charge on any atom is -0.492 e. The summed E-state index contributed by atoms with van der Waals surface area (Å²) in [4.78, 5) is 13.1. The van der Waals surface area contributed by atoms with Crippen LogP contribution in [-0.4, -0.2) is 22.3 Å². The molecule has 0 spiro atoms. The van der Waals surface area contributed by atoms with Gasteiger partial charge in [-0.15, -0.1) is 0 Å². The van der Waals surface area contributed by atoms with Gasteiger partial charge in [0, 0.05) is 17.1 Å². The lowest BCUT2D eigenvalue weighted by molar-refractivity contribution is -0.112. The summed E-state index contributed by atoms with van der Waals surface area (Å²) in [5.41, 5.74) is 3.06. The molecule has 5 rings (SSSR count). The van der Waals surface area contributed by atoms with Crippen LogP contribution < -0.4 is 10.1 Å². The van der Waals surface area contributed by atoms with Crippen LogP contribution in [0.15, 0.2) is 101 Å². The summed E-state index contributed by atoms with van der Waals surface area (Å²) in [6.07, 6.45) is 3.30. The second-order valence-electron chi connectivity index (χ2n) is 7.91. The number of nitriles is 1. The fraction of sp³-hybridized carbons (Fsp3) is 0.0690. The van der Waals surface area contributed by atoms with Gasteiger partial charge in [-0.25, -0.2) is 4.68 Å². The van der Waals surface area contributed by atoms with Gasteiger partial charge in [-0.2, -0.15) is 10.4 Å². The van der Waals surface area contributed by atoms with Crippen molar-refractivity contribution in [2.45, 2.75) is 6.92 Å². The number of para-hydroxylation sites is 4. The Bertz CT molecular complexity index is 1570. The van der Waals surface area contributed by atoms with Gasteiger partial charge in [-0.3, -0.25) is 4.79 Å². The molecule has 0 radical (unpaired) electrons. The van der Waals surface area contributed by atoms with E-state index < -0.39 is 5.91 Å². The standard InChI is InChI=1S/C29H22N4O3/c1-2-35-26-15-9-7-13-24(26)31-29(34)21(18-30)16-22-19-33(23-11-4-3-5-12-23)32-28(22)27-17-20-10-6-8-14-25(20)36-27/h3-17,19H,2H2,1H3,(H,31,34). The molecule has 1 N–H and O–H groups in total. The number of amides is 1. The van der Waals surface area contributed by atoms with E-state index in [1.54, 1.807) is 29.1 Å². The van der Waals surface area contributed by atoms with E-state index in [1.807, 2.05) is 79.7 Å². The maximum absolute atomic E-state index is 13.1. The van der Waals surface area contributed by atoms with Gasteiger partial charge < -0.3 is 14.5 Å². The molecule has 0 saturated carbocycles. The molecule has 0 aliphatic carbocycles. The summed E-state index contributed by atoms with van der Waals surface area (Å²) in [5.74, 6) is 0.523. The van der Waals surface area contributed by atoms with Crippen LogP contribution in [0.5, 0.6) is 5.75 Å². The molecule has 7 nitrogen and oxygen atoms in total. The van der Waals surface area contributed by atoms with E-state index in [0.717, 1.165) is 16.7 Å². The maximum atomic E-state index is 13.1. The molecule has 0 atom stereocenters. The minimum atomic E-state index is -0.548. The zero-order chi connectivity index (χ0) is 24.9. The third-order valence-corrected chi connectivity index (χ3v) is 5.52. The number of aromatic nitrogens is 2. The van der Waals surface area contributed by atoms with Crippen molar-refractivity contribution in [3.05, 3.63) is 102 Å². The molecule has 36 heavy (non-hydrogen) atoms. The molecule has 7 heteroatoms. The number of anilines is 1. The van der Waals surface area contributed by atoms with Crippen LogP contribution >= 0.6 is 0 Å². The number of nitrogens with zero attached hydrogens (tertiary/aromatic N) is 3. The van der Waals surface area contributed by atoms with Gasteiger partial charge in [0.05, 0.1) is 18.0 Å². The highest BCUT2D eigenvalue weighted by Gasteiger charge is 2.18. The highest BCUT2D eigenvalue weighted by molar-refractivity contribution is 6.10. The van der Waals surface area contributed by atoms with Gasteiger partial charge in [0.1, 0.15) is 28.7 Å². The molecule has 0 fully saturated rings. The number of hydrogen-bond acceptors (Lipinski definition) is 5. The number of furan rings is 1. The zero-order valence-electron chi connectivity index (χ0n) is 19.5. The van der Waals surface area contributed by atoms with Gasteiger partial charge in [0.15, 0.2) is 5.76 Å². The van der Waals surface area contributed by atoms with E-state index in [4.69, 9.17) is 14.3 Å². The molecule has 0 aliphatic heterocycles. The van der Waals surface area contributed by atoms with Crippen molar-refractivity contribution in [3.8, 4) is 29.0 Å². The fourth-order valence-corrected chi connectivity index (χ4v) is 3.84. The summed E-state index contributed by atoms with van der Waals surface area (Å²) in [5, 5.41) is 18.3. The molecule has 2 heterocycles. The topological polar surface area (TPSA) is 93.1 Å². The van der Waals surface area contributed by atoms with E-state index in [2.05, 4.69) is 5.32 Å². The predicted molar refractivity (Wildman–Crippen MR) is 139 cm³/mol. The second kappa shape index (κ2) is 10.0. The molecule has 3 aromatic carbocycles. The molecule has 0 unspecified atom stereocenters. The minimum absolute atomic E-state index is 0.0775. The largest absolute Gasteiger partial charge is 0.492 e. The smallest absolute Gasteiger partial charge is 0.266 e. The highest BCUT2D eigenvalue weighted by atomic mass is 16.5. The lowest BCUT2D eigenvalue weighted by Crippen LogP contribution is -2.14. The van der Waals surface area contributed by atoms with E-state index in [9.17, 15) is 10.1 Å². The van der Waals surface area contributed by atoms with Gasteiger partial charge in [0.2, 0.25) is 0 Å². The molecule has 1 amide bonds. The first-order valence-electron chi connectivity index (χ1n) is 11.5. The van der Waals surface area contributed by atoms with Crippen LogP contribution in [0.3, 0.4) is 0 Å². The number of ether oxygens (including phenoxy) is 1. The van der Waals surface area contributed by atoms with Crippen molar-refractivity contribution < 1.29 is 13.9 Å². The molecule has 0 aliphatic rings. The zero-order valence-corrected chi connectivity index (χ0v) is 19.5. The molecule has 5 aromatic rings. The first kappa shape index (κ1) is 22.7. The lowest BCUT2D eigenvalue weighted by atomic mass is 10.1. The molecular weight excluding hydrogens is 452 g/mol. The van der Waals surface area contributed by atoms with Crippen LogP contribution in [0, 0.1) is 11.3 Å².